The summed E-state index contributed by atoms with van der Waals surface area (Å²) in [7, 11) is -1.58. The van der Waals surface area contributed by atoms with E-state index in [4.69, 9.17) is 5.26 Å². The van der Waals surface area contributed by atoms with E-state index in [-0.39, 0.29) is 23.5 Å². The monoisotopic (exact) mass is 485 g/mol. The van der Waals surface area contributed by atoms with Gasteiger partial charge in [0.25, 0.3) is 5.56 Å². The molecule has 1 atom stereocenters. The quantitative estimate of drug-likeness (QED) is 0.589. The molecule has 34 heavy (non-hydrogen) atoms. The van der Waals surface area contributed by atoms with Gasteiger partial charge in [0, 0.05) is 24.2 Å². The highest BCUT2D eigenvalue weighted by atomic mass is 32.2. The minimum Gasteiger partial charge on any atom is -0.363 e. The van der Waals surface area contributed by atoms with Gasteiger partial charge < -0.3 is 5.32 Å². The number of pyridine rings is 1. The fourth-order valence-corrected chi connectivity index (χ4v) is 5.05. The van der Waals surface area contributed by atoms with E-state index in [2.05, 4.69) is 15.3 Å². The highest BCUT2D eigenvalue weighted by Crippen LogP contribution is 2.31. The zero-order valence-electron chi connectivity index (χ0n) is 18.4. The third-order valence-corrected chi connectivity index (χ3v) is 7.36. The molecule has 1 aliphatic rings. The summed E-state index contributed by atoms with van der Waals surface area (Å²) in [6.07, 6.45) is 3.08. The summed E-state index contributed by atoms with van der Waals surface area (Å²) in [5.74, 6) is -3.38. The molecule has 4 rings (SSSR count). The van der Waals surface area contributed by atoms with Crippen molar-refractivity contribution in [2.45, 2.75) is 25.3 Å². The van der Waals surface area contributed by atoms with Crippen LogP contribution in [0.2, 0.25) is 0 Å². The lowest BCUT2D eigenvalue weighted by molar-refractivity contribution is 0.0612. The maximum Gasteiger partial charge on any atom is 0.357 e. The third-order valence-electron chi connectivity index (χ3n) is 5.86. The van der Waals surface area contributed by atoms with Gasteiger partial charge in [-0.1, -0.05) is 24.3 Å². The van der Waals surface area contributed by atoms with Crippen molar-refractivity contribution < 1.29 is 17.2 Å². The number of aryl methyl sites for hydroxylation is 1. The van der Waals surface area contributed by atoms with Crippen molar-refractivity contribution in [3.05, 3.63) is 69.8 Å². The molecule has 0 aliphatic carbocycles. The number of halogens is 2. The summed E-state index contributed by atoms with van der Waals surface area (Å²) in [6, 6.07) is 7.74. The number of benzene rings is 1. The molecule has 11 heteroatoms. The Morgan fingerprint density at radius 3 is 2.71 bits per heavy atom. The van der Waals surface area contributed by atoms with Crippen molar-refractivity contribution in [3.8, 4) is 6.07 Å². The molecule has 0 bridgehead atoms. The van der Waals surface area contributed by atoms with Gasteiger partial charge in [0.1, 0.15) is 23.9 Å². The van der Waals surface area contributed by atoms with Crippen LogP contribution in [-0.2, 0) is 22.8 Å². The summed E-state index contributed by atoms with van der Waals surface area (Å²) in [4.78, 5) is 21.4. The Hall–Kier alpha value is -3.65. The van der Waals surface area contributed by atoms with Crippen molar-refractivity contribution in [3.63, 3.8) is 0 Å². The average molecular weight is 486 g/mol. The van der Waals surface area contributed by atoms with E-state index >= 15 is 0 Å². The van der Waals surface area contributed by atoms with E-state index in [9.17, 15) is 22.0 Å². The Bertz CT molecular complexity index is 1520. The van der Waals surface area contributed by atoms with Gasteiger partial charge in [0.2, 0.25) is 0 Å². The van der Waals surface area contributed by atoms with Crippen LogP contribution in [0, 0.1) is 11.3 Å². The molecule has 176 valence electrons. The lowest BCUT2D eigenvalue weighted by Gasteiger charge is -2.19. The number of hydrogen-bond donors (Lipinski definition) is 1. The Morgan fingerprint density at radius 1 is 1.26 bits per heavy atom. The van der Waals surface area contributed by atoms with Gasteiger partial charge in [-0.3, -0.25) is 9.36 Å². The molecule has 8 nitrogen and oxygen atoms in total. The van der Waals surface area contributed by atoms with E-state index in [1.165, 1.54) is 29.1 Å². The minimum atomic E-state index is -3.61. The van der Waals surface area contributed by atoms with Gasteiger partial charge in [-0.15, -0.1) is 0 Å². The molecule has 0 fully saturated rings. The Morgan fingerprint density at radius 2 is 2.03 bits per heavy atom. The molecule has 0 radical (unpaired) electrons. The fourth-order valence-electron chi connectivity index (χ4n) is 3.89. The Balaban J connectivity index is 1.75. The standard InChI is InChI=1S/C23H21F2N5O3S/c1-14(16-4-3-5-17(10-16)23(24,25)12-26)29-20-19-11-18(15-6-8-34(32,33)9-7-15)22(31)30(2)21(19)28-13-27-20/h3-6,10-11,13-14H,7-9H2,1-2H3,(H,27,28,29)/t14-/m1/s1. The first-order chi connectivity index (χ1) is 16.0. The number of nitriles is 1. The van der Waals surface area contributed by atoms with Crippen LogP contribution >= 0.6 is 0 Å². The number of nitrogens with zero attached hydrogens (tertiary/aromatic N) is 4. The molecule has 3 aromatic rings. The van der Waals surface area contributed by atoms with E-state index in [1.807, 2.05) is 0 Å². The number of allylic oxidation sites excluding steroid dienone is 1. The summed E-state index contributed by atoms with van der Waals surface area (Å²) < 4.78 is 52.6. The molecule has 3 heterocycles. The van der Waals surface area contributed by atoms with Crippen molar-refractivity contribution in [1.29, 1.82) is 5.26 Å². The Kier molecular flexibility index (Phi) is 5.95. The van der Waals surface area contributed by atoms with Crippen LogP contribution in [-0.4, -0.2) is 34.5 Å². The van der Waals surface area contributed by atoms with Crippen molar-refractivity contribution in [2.75, 3.05) is 16.8 Å². The van der Waals surface area contributed by atoms with Crippen molar-refractivity contribution in [2.24, 2.45) is 7.05 Å². The van der Waals surface area contributed by atoms with E-state index in [1.54, 1.807) is 32.2 Å². The number of rotatable bonds is 5. The Labute approximate surface area is 194 Å². The summed E-state index contributed by atoms with van der Waals surface area (Å²) in [6.45, 7) is 1.76. The fraction of sp³-hybridized carbons (Fsp3) is 0.304. The van der Waals surface area contributed by atoms with Gasteiger partial charge in [0.05, 0.1) is 16.9 Å². The molecule has 1 aliphatic heterocycles. The predicted molar refractivity (Wildman–Crippen MR) is 124 cm³/mol. The summed E-state index contributed by atoms with van der Waals surface area (Å²) >= 11 is 0. The second-order valence-electron chi connectivity index (χ2n) is 8.15. The van der Waals surface area contributed by atoms with E-state index in [0.29, 0.717) is 33.6 Å². The van der Waals surface area contributed by atoms with Gasteiger partial charge in [0.15, 0.2) is 9.84 Å². The summed E-state index contributed by atoms with van der Waals surface area (Å²) in [5.41, 5.74) is 1.19. The molecule has 0 amide bonds. The van der Waals surface area contributed by atoms with Crippen LogP contribution in [0.15, 0.2) is 47.5 Å². The third kappa shape index (κ3) is 4.41. The number of aromatic nitrogens is 3. The normalized spacial score (nSPS) is 16.5. The zero-order chi connectivity index (χ0) is 24.7. The molecule has 0 saturated carbocycles. The number of alkyl halides is 2. The van der Waals surface area contributed by atoms with Crippen LogP contribution in [0.1, 0.15) is 36.1 Å². The lowest BCUT2D eigenvalue weighted by Crippen LogP contribution is -2.24. The second-order valence-corrected chi connectivity index (χ2v) is 10.4. The maximum atomic E-state index is 13.8. The number of fused-ring (bicyclic) bond motifs is 1. The predicted octanol–water partition coefficient (Wildman–Crippen LogP) is 3.32. The largest absolute Gasteiger partial charge is 0.363 e. The van der Waals surface area contributed by atoms with Crippen molar-refractivity contribution in [1.82, 2.24) is 14.5 Å². The first-order valence-corrected chi connectivity index (χ1v) is 12.2. The van der Waals surface area contributed by atoms with Crippen LogP contribution in [0.4, 0.5) is 14.6 Å². The topological polar surface area (TPSA) is 118 Å². The SMILES string of the molecule is C[C@@H](Nc1ncnc2c1cc(C1=CCS(=O)(=O)CC1)c(=O)n2C)c1cccc(C(F)(F)C#N)c1. The summed E-state index contributed by atoms with van der Waals surface area (Å²) in [5, 5.41) is 12.4. The highest BCUT2D eigenvalue weighted by Gasteiger charge is 2.31. The smallest absolute Gasteiger partial charge is 0.357 e. The molecule has 2 aromatic heterocycles. The molecule has 1 aromatic carbocycles. The molecule has 0 saturated heterocycles. The van der Waals surface area contributed by atoms with Crippen LogP contribution < -0.4 is 10.9 Å². The molecule has 0 unspecified atom stereocenters. The van der Waals surface area contributed by atoms with Crippen molar-refractivity contribution >= 4 is 32.3 Å². The molecule has 1 N–H and O–H groups in total. The van der Waals surface area contributed by atoms with Gasteiger partial charge in [-0.25, -0.2) is 18.4 Å². The second kappa shape index (κ2) is 8.61. The first-order valence-electron chi connectivity index (χ1n) is 10.4. The van der Waals surface area contributed by atoms with Crippen LogP contribution in [0.25, 0.3) is 16.6 Å². The lowest BCUT2D eigenvalue weighted by atomic mass is 10.0. The minimum absolute atomic E-state index is 0.0306. The van der Waals surface area contributed by atoms with Crippen LogP contribution in [0.3, 0.4) is 0 Å². The number of hydrogen-bond acceptors (Lipinski definition) is 7. The average Bonchev–Trinajstić information content (AvgIpc) is 2.82. The number of sulfone groups is 1. The van der Waals surface area contributed by atoms with E-state index in [0.717, 1.165) is 6.07 Å². The number of nitrogens with one attached hydrogen (secondary N) is 1. The number of anilines is 1. The molecular formula is C23H21F2N5O3S. The molecular weight excluding hydrogens is 464 g/mol. The van der Waals surface area contributed by atoms with Gasteiger partial charge >= 0.3 is 5.92 Å². The van der Waals surface area contributed by atoms with Gasteiger partial charge in [-0.2, -0.15) is 14.0 Å². The first kappa shape index (κ1) is 23.5. The zero-order valence-corrected chi connectivity index (χ0v) is 19.2. The van der Waals surface area contributed by atoms with E-state index < -0.39 is 27.4 Å². The van der Waals surface area contributed by atoms with Gasteiger partial charge in [-0.05, 0) is 36.6 Å². The molecule has 0 spiro atoms. The maximum absolute atomic E-state index is 13.8. The highest BCUT2D eigenvalue weighted by molar-refractivity contribution is 7.91. The van der Waals surface area contributed by atoms with Crippen LogP contribution in [0.5, 0.6) is 0 Å².